The van der Waals surface area contributed by atoms with Crippen LogP contribution < -0.4 is 10.2 Å². The lowest BCUT2D eigenvalue weighted by Crippen LogP contribution is -2.51. The van der Waals surface area contributed by atoms with E-state index in [4.69, 9.17) is 11.6 Å². The van der Waals surface area contributed by atoms with Gasteiger partial charge in [-0.15, -0.1) is 0 Å². The number of carbonyl (C=O) groups excluding carboxylic acids is 3. The monoisotopic (exact) mass is 558 g/mol. The summed E-state index contributed by atoms with van der Waals surface area (Å²) in [5, 5.41) is 3.38. The summed E-state index contributed by atoms with van der Waals surface area (Å²) in [6.45, 7) is 3.98. The molecule has 7 rings (SSSR count). The minimum atomic E-state index is -1.35. The Morgan fingerprint density at radius 3 is 2.29 bits per heavy atom. The Balaban J connectivity index is 1.57. The van der Waals surface area contributed by atoms with Gasteiger partial charge < -0.3 is 10.2 Å². The van der Waals surface area contributed by atoms with Gasteiger partial charge in [-0.05, 0) is 49.2 Å². The fourth-order valence-corrected chi connectivity index (χ4v) is 7.33. The molecule has 3 aliphatic heterocycles. The fraction of sp³-hybridized carbons (Fsp3) is 0.171. The highest BCUT2D eigenvalue weighted by Gasteiger charge is 2.70. The number of amides is 1. The predicted octanol–water partition coefficient (Wildman–Crippen LogP) is 6.89. The lowest BCUT2D eigenvalue weighted by atomic mass is 9.64. The molecule has 4 atom stereocenters. The quantitative estimate of drug-likeness (QED) is 0.277. The molecule has 1 fully saturated rings. The number of aryl methyl sites for hydroxylation is 1. The SMILES string of the molecule is CC1=C[C@H]2N(c3ccccc31)[C@@H](C(=O)c1ccccc1Cl)[C@@H](C(=O)c1ccc(C)cc1)[C@@]21C(=O)Nc2ccccc21. The summed E-state index contributed by atoms with van der Waals surface area (Å²) in [6, 6.07) is 28.1. The van der Waals surface area contributed by atoms with E-state index in [1.807, 2.05) is 79.4 Å². The number of hydrogen-bond donors (Lipinski definition) is 1. The summed E-state index contributed by atoms with van der Waals surface area (Å²) in [5.41, 5.74) is 4.61. The number of nitrogens with one attached hydrogen (secondary N) is 1. The van der Waals surface area contributed by atoms with E-state index in [1.165, 1.54) is 0 Å². The van der Waals surface area contributed by atoms with Gasteiger partial charge >= 0.3 is 0 Å². The Morgan fingerprint density at radius 2 is 1.51 bits per heavy atom. The van der Waals surface area contributed by atoms with Crippen LogP contribution in [0.15, 0.2) is 103 Å². The molecule has 5 nitrogen and oxygen atoms in total. The summed E-state index contributed by atoms with van der Waals surface area (Å²) >= 11 is 6.60. The third-order valence-corrected chi connectivity index (χ3v) is 9.24. The lowest BCUT2D eigenvalue weighted by molar-refractivity contribution is -0.121. The summed E-state index contributed by atoms with van der Waals surface area (Å²) in [7, 11) is 0. The first-order valence-electron chi connectivity index (χ1n) is 13.7. The molecule has 1 saturated heterocycles. The van der Waals surface area contributed by atoms with Crippen molar-refractivity contribution in [2.75, 3.05) is 10.2 Å². The number of para-hydroxylation sites is 2. The summed E-state index contributed by atoms with van der Waals surface area (Å²) in [6.07, 6.45) is 2.05. The number of fused-ring (bicyclic) bond motifs is 6. The molecule has 1 amide bonds. The van der Waals surface area contributed by atoms with Gasteiger partial charge in [-0.3, -0.25) is 14.4 Å². The number of benzene rings is 4. The standard InChI is InChI=1S/C35H27ClN2O3/c1-20-15-17-22(18-16-20)32(39)30-31(33(40)24-10-3-6-12-26(24)36)38-28-14-8-4-9-23(28)21(2)19-29(38)35(30)25-11-5-7-13-27(25)37-34(35)41/h3-19,29-31H,1-2H3,(H,37,41)/t29-,30+,31-,35+/m1/s1. The molecule has 41 heavy (non-hydrogen) atoms. The summed E-state index contributed by atoms with van der Waals surface area (Å²) < 4.78 is 0. The highest BCUT2D eigenvalue weighted by Crippen LogP contribution is 2.59. The first-order chi connectivity index (χ1) is 19.8. The van der Waals surface area contributed by atoms with E-state index in [9.17, 15) is 14.4 Å². The molecule has 0 aromatic heterocycles. The van der Waals surface area contributed by atoms with E-state index >= 15 is 0 Å². The molecule has 0 radical (unpaired) electrons. The van der Waals surface area contributed by atoms with E-state index in [0.29, 0.717) is 21.8 Å². The molecule has 0 bridgehead atoms. The normalized spacial score (nSPS) is 23.9. The molecule has 6 heteroatoms. The molecule has 3 heterocycles. The van der Waals surface area contributed by atoms with Crippen molar-refractivity contribution in [1.82, 2.24) is 0 Å². The molecule has 4 aromatic rings. The van der Waals surface area contributed by atoms with Crippen molar-refractivity contribution >= 4 is 46.0 Å². The Hall–Kier alpha value is -4.48. The van der Waals surface area contributed by atoms with Crippen molar-refractivity contribution in [3.8, 4) is 0 Å². The van der Waals surface area contributed by atoms with Crippen LogP contribution in [0.3, 0.4) is 0 Å². The molecule has 0 saturated carbocycles. The van der Waals surface area contributed by atoms with Crippen molar-refractivity contribution in [3.63, 3.8) is 0 Å². The molecular formula is C35H27ClN2O3. The van der Waals surface area contributed by atoms with Gasteiger partial charge in [0.25, 0.3) is 0 Å². The van der Waals surface area contributed by atoms with Crippen molar-refractivity contribution in [1.29, 1.82) is 0 Å². The van der Waals surface area contributed by atoms with Crippen molar-refractivity contribution < 1.29 is 14.4 Å². The molecule has 1 spiro atoms. The van der Waals surface area contributed by atoms with Crippen molar-refractivity contribution in [2.45, 2.75) is 31.3 Å². The number of Topliss-reactive ketones (excluding diaryl/α,β-unsaturated/α-hetero) is 2. The zero-order valence-electron chi connectivity index (χ0n) is 22.6. The number of halogens is 1. The Morgan fingerprint density at radius 1 is 0.829 bits per heavy atom. The first kappa shape index (κ1) is 25.5. The van der Waals surface area contributed by atoms with Crippen LogP contribution in [0.5, 0.6) is 0 Å². The highest BCUT2D eigenvalue weighted by molar-refractivity contribution is 6.34. The van der Waals surface area contributed by atoms with Gasteiger partial charge in [0, 0.05) is 28.1 Å². The van der Waals surface area contributed by atoms with Gasteiger partial charge in [0.2, 0.25) is 5.91 Å². The Kier molecular flexibility index (Phi) is 5.77. The van der Waals surface area contributed by atoms with Gasteiger partial charge in [0.15, 0.2) is 11.6 Å². The predicted molar refractivity (Wildman–Crippen MR) is 162 cm³/mol. The van der Waals surface area contributed by atoms with Gasteiger partial charge in [0.05, 0.1) is 17.0 Å². The molecule has 0 unspecified atom stereocenters. The molecule has 1 N–H and O–H groups in total. The average molecular weight is 559 g/mol. The van der Waals surface area contributed by atoms with Gasteiger partial charge in [0.1, 0.15) is 11.5 Å². The maximum absolute atomic E-state index is 14.8. The van der Waals surface area contributed by atoms with Crippen LogP contribution in [0, 0.1) is 12.8 Å². The van der Waals surface area contributed by atoms with E-state index in [2.05, 4.69) is 11.4 Å². The Bertz CT molecular complexity index is 1790. The summed E-state index contributed by atoms with van der Waals surface area (Å²) in [5.74, 6) is -1.85. The highest BCUT2D eigenvalue weighted by atomic mass is 35.5. The topological polar surface area (TPSA) is 66.5 Å². The van der Waals surface area contributed by atoms with E-state index in [1.54, 1.807) is 36.4 Å². The van der Waals surface area contributed by atoms with Crippen LogP contribution in [0.4, 0.5) is 11.4 Å². The van der Waals surface area contributed by atoms with E-state index in [0.717, 1.165) is 28.0 Å². The molecule has 202 valence electrons. The van der Waals surface area contributed by atoms with E-state index in [-0.39, 0.29) is 17.5 Å². The zero-order chi connectivity index (χ0) is 28.5. The van der Waals surface area contributed by atoms with Crippen LogP contribution in [0.1, 0.15) is 44.3 Å². The second-order valence-corrected chi connectivity index (χ2v) is 11.5. The number of rotatable bonds is 4. The van der Waals surface area contributed by atoms with Crippen LogP contribution in [-0.4, -0.2) is 29.6 Å². The van der Waals surface area contributed by atoms with Crippen molar-refractivity contribution in [2.24, 2.45) is 5.92 Å². The molecule has 3 aliphatic rings. The van der Waals surface area contributed by atoms with Crippen molar-refractivity contribution in [3.05, 3.63) is 136 Å². The molecule has 4 aromatic carbocycles. The van der Waals surface area contributed by atoms with Crippen LogP contribution in [0.2, 0.25) is 5.02 Å². The maximum Gasteiger partial charge on any atom is 0.238 e. The number of hydrogen-bond acceptors (Lipinski definition) is 4. The smallest absolute Gasteiger partial charge is 0.238 e. The van der Waals surface area contributed by atoms with Crippen LogP contribution >= 0.6 is 11.6 Å². The third-order valence-electron chi connectivity index (χ3n) is 8.91. The number of allylic oxidation sites excluding steroid dienone is 1. The summed E-state index contributed by atoms with van der Waals surface area (Å²) in [4.78, 5) is 46.0. The fourth-order valence-electron chi connectivity index (χ4n) is 7.11. The minimum absolute atomic E-state index is 0.250. The number of ketones is 2. The first-order valence-corrected chi connectivity index (χ1v) is 14.1. The molecular weight excluding hydrogens is 532 g/mol. The second kappa shape index (κ2) is 9.28. The number of anilines is 2. The Labute approximate surface area is 243 Å². The van der Waals surface area contributed by atoms with Gasteiger partial charge in [-0.2, -0.15) is 0 Å². The largest absolute Gasteiger partial charge is 0.352 e. The number of nitrogens with zero attached hydrogens (tertiary/aromatic N) is 1. The average Bonchev–Trinajstić information content (AvgIpc) is 3.45. The lowest BCUT2D eigenvalue weighted by Gasteiger charge is -2.39. The van der Waals surface area contributed by atoms with E-state index < -0.39 is 23.4 Å². The van der Waals surface area contributed by atoms with Gasteiger partial charge in [-0.25, -0.2) is 0 Å². The van der Waals surface area contributed by atoms with Crippen LogP contribution in [-0.2, 0) is 10.2 Å². The molecule has 0 aliphatic carbocycles. The third kappa shape index (κ3) is 3.52. The van der Waals surface area contributed by atoms with Gasteiger partial charge in [-0.1, -0.05) is 96.0 Å². The minimum Gasteiger partial charge on any atom is -0.352 e. The number of carbonyl (C=O) groups is 3. The second-order valence-electron chi connectivity index (χ2n) is 11.1. The maximum atomic E-state index is 14.8. The van der Waals surface area contributed by atoms with Crippen LogP contribution in [0.25, 0.3) is 5.57 Å². The zero-order valence-corrected chi connectivity index (χ0v) is 23.4.